The second-order valence-corrected chi connectivity index (χ2v) is 3.89. The summed E-state index contributed by atoms with van der Waals surface area (Å²) < 4.78 is 0. The maximum absolute atomic E-state index is 11.7. The SMILES string of the molecule is Nc1nc(N)nc(N2CC(CCl)CC2=O)n1. The second kappa shape index (κ2) is 4.09. The van der Waals surface area contributed by atoms with Crippen molar-refractivity contribution in [2.24, 2.45) is 5.92 Å². The predicted molar refractivity (Wildman–Crippen MR) is 59.8 cm³/mol. The minimum atomic E-state index is -0.0735. The zero-order valence-electron chi connectivity index (χ0n) is 8.43. The van der Waals surface area contributed by atoms with Crippen molar-refractivity contribution in [1.82, 2.24) is 15.0 Å². The van der Waals surface area contributed by atoms with Gasteiger partial charge in [0.2, 0.25) is 23.8 Å². The van der Waals surface area contributed by atoms with Gasteiger partial charge in [0.25, 0.3) is 0 Å². The maximum Gasteiger partial charge on any atom is 0.238 e. The lowest BCUT2D eigenvalue weighted by molar-refractivity contribution is -0.117. The van der Waals surface area contributed by atoms with Crippen LogP contribution >= 0.6 is 11.6 Å². The first-order valence-electron chi connectivity index (χ1n) is 4.73. The van der Waals surface area contributed by atoms with Crippen molar-refractivity contribution in [2.75, 3.05) is 28.8 Å². The number of hydrogen-bond acceptors (Lipinski definition) is 6. The molecule has 0 saturated carbocycles. The quantitative estimate of drug-likeness (QED) is 0.685. The van der Waals surface area contributed by atoms with Crippen LogP contribution in [0.2, 0.25) is 0 Å². The first-order valence-corrected chi connectivity index (χ1v) is 5.27. The average molecular weight is 243 g/mol. The molecule has 2 heterocycles. The van der Waals surface area contributed by atoms with Crippen LogP contribution in [0.25, 0.3) is 0 Å². The Morgan fingerprint density at radius 2 is 1.94 bits per heavy atom. The first kappa shape index (κ1) is 10.9. The summed E-state index contributed by atoms with van der Waals surface area (Å²) in [7, 11) is 0. The Labute approximate surface area is 96.8 Å². The molecule has 1 aromatic rings. The van der Waals surface area contributed by atoms with Crippen LogP contribution < -0.4 is 16.4 Å². The van der Waals surface area contributed by atoms with E-state index < -0.39 is 0 Å². The summed E-state index contributed by atoms with van der Waals surface area (Å²) in [6, 6.07) is 0. The van der Waals surface area contributed by atoms with E-state index in [4.69, 9.17) is 23.1 Å². The van der Waals surface area contributed by atoms with Gasteiger partial charge in [-0.2, -0.15) is 15.0 Å². The molecule has 1 aromatic heterocycles. The maximum atomic E-state index is 11.7. The van der Waals surface area contributed by atoms with Gasteiger partial charge in [-0.25, -0.2) is 0 Å². The predicted octanol–water partition coefficient (Wildman–Crippen LogP) is -0.372. The van der Waals surface area contributed by atoms with Gasteiger partial charge in [0, 0.05) is 18.8 Å². The van der Waals surface area contributed by atoms with Crippen molar-refractivity contribution in [3.8, 4) is 0 Å². The van der Waals surface area contributed by atoms with Crippen molar-refractivity contribution in [2.45, 2.75) is 6.42 Å². The lowest BCUT2D eigenvalue weighted by Crippen LogP contribution is -2.27. The highest BCUT2D eigenvalue weighted by molar-refractivity contribution is 6.18. The number of aromatic nitrogens is 3. The molecule has 0 aliphatic carbocycles. The van der Waals surface area contributed by atoms with Gasteiger partial charge in [0.15, 0.2) is 0 Å². The van der Waals surface area contributed by atoms with Crippen molar-refractivity contribution >= 4 is 35.4 Å². The molecule has 1 atom stereocenters. The summed E-state index contributed by atoms with van der Waals surface area (Å²) in [4.78, 5) is 24.5. The summed E-state index contributed by atoms with van der Waals surface area (Å²) in [5, 5.41) is 0. The van der Waals surface area contributed by atoms with Gasteiger partial charge in [-0.05, 0) is 5.92 Å². The van der Waals surface area contributed by atoms with E-state index in [1.54, 1.807) is 0 Å². The van der Waals surface area contributed by atoms with Gasteiger partial charge in [-0.3, -0.25) is 9.69 Å². The topological polar surface area (TPSA) is 111 Å². The van der Waals surface area contributed by atoms with E-state index in [0.29, 0.717) is 18.8 Å². The van der Waals surface area contributed by atoms with Crippen LogP contribution in [0.3, 0.4) is 0 Å². The number of nitrogen functional groups attached to an aromatic ring is 2. The first-order chi connectivity index (χ1) is 7.60. The highest BCUT2D eigenvalue weighted by Crippen LogP contribution is 2.23. The van der Waals surface area contributed by atoms with Gasteiger partial charge in [-0.15, -0.1) is 11.6 Å². The van der Waals surface area contributed by atoms with Gasteiger partial charge in [0.05, 0.1) is 0 Å². The highest BCUT2D eigenvalue weighted by atomic mass is 35.5. The number of hydrogen-bond donors (Lipinski definition) is 2. The molecule has 1 unspecified atom stereocenters. The molecule has 1 aliphatic rings. The van der Waals surface area contributed by atoms with Crippen LogP contribution in [-0.4, -0.2) is 33.3 Å². The van der Waals surface area contributed by atoms with Gasteiger partial charge < -0.3 is 11.5 Å². The molecule has 86 valence electrons. The third-order valence-corrected chi connectivity index (χ3v) is 2.76. The van der Waals surface area contributed by atoms with E-state index in [2.05, 4.69) is 15.0 Å². The number of nitrogens with zero attached hydrogens (tertiary/aromatic N) is 4. The van der Waals surface area contributed by atoms with Crippen molar-refractivity contribution in [1.29, 1.82) is 0 Å². The Hall–Kier alpha value is -1.63. The number of alkyl halides is 1. The molecule has 0 radical (unpaired) electrons. The fourth-order valence-corrected chi connectivity index (χ4v) is 1.80. The molecule has 1 aliphatic heterocycles. The fraction of sp³-hybridized carbons (Fsp3) is 0.500. The summed E-state index contributed by atoms with van der Waals surface area (Å²) in [6.07, 6.45) is 0.398. The lowest BCUT2D eigenvalue weighted by atomic mass is 10.2. The van der Waals surface area contributed by atoms with Crippen LogP contribution in [0.5, 0.6) is 0 Å². The number of rotatable bonds is 2. The standard InChI is InChI=1S/C8H11ClN6O/c9-2-4-1-5(16)15(3-4)8-13-6(10)12-7(11)14-8/h4H,1-3H2,(H4,10,11,12,13,14). The number of anilines is 3. The molecule has 7 nitrogen and oxygen atoms in total. The van der Waals surface area contributed by atoms with Crippen LogP contribution in [0.15, 0.2) is 0 Å². The second-order valence-electron chi connectivity index (χ2n) is 3.58. The summed E-state index contributed by atoms with van der Waals surface area (Å²) in [6.45, 7) is 0.491. The van der Waals surface area contributed by atoms with E-state index in [9.17, 15) is 4.79 Å². The molecule has 0 aromatic carbocycles. The third kappa shape index (κ3) is 1.99. The smallest absolute Gasteiger partial charge is 0.238 e. The van der Waals surface area contributed by atoms with E-state index in [0.717, 1.165) is 0 Å². The Morgan fingerprint density at radius 3 is 2.44 bits per heavy atom. The Balaban J connectivity index is 2.27. The van der Waals surface area contributed by atoms with Crippen LogP contribution in [0.4, 0.5) is 17.8 Å². The van der Waals surface area contributed by atoms with Gasteiger partial charge >= 0.3 is 0 Å². The minimum Gasteiger partial charge on any atom is -0.368 e. The Morgan fingerprint density at radius 1 is 1.31 bits per heavy atom. The van der Waals surface area contributed by atoms with Gasteiger partial charge in [-0.1, -0.05) is 0 Å². The van der Waals surface area contributed by atoms with Gasteiger partial charge in [0.1, 0.15) is 0 Å². The average Bonchev–Trinajstić information content (AvgIpc) is 2.58. The van der Waals surface area contributed by atoms with E-state index in [-0.39, 0.29) is 29.7 Å². The molecule has 1 amide bonds. The minimum absolute atomic E-state index is 0.00428. The van der Waals surface area contributed by atoms with Crippen LogP contribution in [0, 0.1) is 5.92 Å². The number of nitrogens with two attached hydrogens (primary N) is 2. The number of amides is 1. The van der Waals surface area contributed by atoms with Crippen LogP contribution in [-0.2, 0) is 4.79 Å². The zero-order chi connectivity index (χ0) is 11.7. The van der Waals surface area contributed by atoms with E-state index in [1.165, 1.54) is 4.90 Å². The molecule has 2 rings (SSSR count). The molecule has 0 spiro atoms. The third-order valence-electron chi connectivity index (χ3n) is 2.32. The summed E-state index contributed by atoms with van der Waals surface area (Å²) in [5.74, 6) is 0.680. The molecule has 4 N–H and O–H groups in total. The molecule has 0 bridgehead atoms. The normalized spacial score (nSPS) is 20.4. The number of halogens is 1. The molecular formula is C8H11ClN6O. The van der Waals surface area contributed by atoms with Crippen LogP contribution in [0.1, 0.15) is 6.42 Å². The Bertz CT molecular complexity index is 405. The van der Waals surface area contributed by atoms with Crippen molar-refractivity contribution < 1.29 is 4.79 Å². The molecule has 8 heteroatoms. The summed E-state index contributed by atoms with van der Waals surface area (Å²) >= 11 is 5.71. The number of carbonyl (C=O) groups excluding carboxylic acids is 1. The molecule has 1 saturated heterocycles. The molecule has 16 heavy (non-hydrogen) atoms. The Kier molecular flexibility index (Phi) is 2.78. The molecule has 1 fully saturated rings. The van der Waals surface area contributed by atoms with E-state index >= 15 is 0 Å². The highest BCUT2D eigenvalue weighted by Gasteiger charge is 2.32. The lowest BCUT2D eigenvalue weighted by Gasteiger charge is -2.13. The monoisotopic (exact) mass is 242 g/mol. The van der Waals surface area contributed by atoms with Crippen molar-refractivity contribution in [3.63, 3.8) is 0 Å². The largest absolute Gasteiger partial charge is 0.368 e. The molecular weight excluding hydrogens is 232 g/mol. The summed E-state index contributed by atoms with van der Waals surface area (Å²) in [5.41, 5.74) is 10.9. The zero-order valence-corrected chi connectivity index (χ0v) is 9.18. The number of carbonyl (C=O) groups is 1. The fourth-order valence-electron chi connectivity index (χ4n) is 1.60. The van der Waals surface area contributed by atoms with Crippen molar-refractivity contribution in [3.05, 3.63) is 0 Å². The van der Waals surface area contributed by atoms with E-state index in [1.807, 2.05) is 0 Å².